The van der Waals surface area contributed by atoms with Crippen LogP contribution < -0.4 is 10.0 Å². The highest BCUT2D eigenvalue weighted by Crippen LogP contribution is 2.21. The lowest BCUT2D eigenvalue weighted by Gasteiger charge is -2.11. The van der Waals surface area contributed by atoms with E-state index in [-0.39, 0.29) is 17.3 Å². The summed E-state index contributed by atoms with van der Waals surface area (Å²) < 4.78 is 28.6. The van der Waals surface area contributed by atoms with Crippen LogP contribution in [0.3, 0.4) is 0 Å². The van der Waals surface area contributed by atoms with E-state index < -0.39 is 10.0 Å². The number of sulfonamides is 1. The molecule has 30 heavy (non-hydrogen) atoms. The number of terminal acetylenes is 1. The Balaban J connectivity index is 1.71. The molecule has 0 aliphatic carbocycles. The molecule has 1 amide bonds. The van der Waals surface area contributed by atoms with Gasteiger partial charge in [0.25, 0.3) is 5.91 Å². The van der Waals surface area contributed by atoms with Gasteiger partial charge in [0.1, 0.15) is 0 Å². The minimum absolute atomic E-state index is 0.0507. The van der Waals surface area contributed by atoms with Crippen LogP contribution in [-0.2, 0) is 16.6 Å². The molecule has 0 radical (unpaired) electrons. The summed E-state index contributed by atoms with van der Waals surface area (Å²) in [6, 6.07) is 13.5. The Kier molecular flexibility index (Phi) is 6.57. The molecule has 7 nitrogen and oxygen atoms in total. The van der Waals surface area contributed by atoms with Crippen LogP contribution in [0.2, 0.25) is 0 Å². The van der Waals surface area contributed by atoms with Gasteiger partial charge in [-0.15, -0.1) is 6.42 Å². The van der Waals surface area contributed by atoms with Crippen molar-refractivity contribution in [1.82, 2.24) is 14.2 Å². The molecule has 2 N–H and O–H groups in total. The van der Waals surface area contributed by atoms with Crippen molar-refractivity contribution in [2.75, 3.05) is 32.5 Å². The quantitative estimate of drug-likeness (QED) is 0.544. The topological polar surface area (TPSA) is 83.4 Å². The number of anilines is 1. The minimum atomic E-state index is -3.69. The van der Waals surface area contributed by atoms with Crippen molar-refractivity contribution < 1.29 is 13.2 Å². The van der Waals surface area contributed by atoms with Gasteiger partial charge in [-0.2, -0.15) is 4.72 Å². The molecule has 0 saturated carbocycles. The summed E-state index contributed by atoms with van der Waals surface area (Å²) in [4.78, 5) is 14.7. The normalized spacial score (nSPS) is 11.5. The molecule has 0 saturated heterocycles. The van der Waals surface area contributed by atoms with Crippen molar-refractivity contribution in [2.45, 2.75) is 11.4 Å². The Morgan fingerprint density at radius 3 is 2.53 bits per heavy atom. The molecule has 156 valence electrons. The lowest BCUT2D eigenvalue weighted by molar-refractivity contribution is 0.102. The number of hydrogen-bond donors (Lipinski definition) is 2. The number of fused-ring (bicyclic) bond motifs is 1. The van der Waals surface area contributed by atoms with E-state index in [0.29, 0.717) is 11.3 Å². The average molecular weight is 425 g/mol. The van der Waals surface area contributed by atoms with E-state index in [9.17, 15) is 13.2 Å². The SMILES string of the molecule is C#CCNS(=O)(=O)c1ccc(C(=O)Nc2ccc3c(ccn3CCN(C)C)c2)cc1. The van der Waals surface area contributed by atoms with Crippen LogP contribution in [0.4, 0.5) is 5.69 Å². The summed E-state index contributed by atoms with van der Waals surface area (Å²) >= 11 is 0. The molecule has 1 heterocycles. The van der Waals surface area contributed by atoms with Crippen LogP contribution in [0.25, 0.3) is 10.9 Å². The first-order chi connectivity index (χ1) is 14.3. The largest absolute Gasteiger partial charge is 0.346 e. The maximum atomic E-state index is 12.6. The predicted molar refractivity (Wildman–Crippen MR) is 119 cm³/mol. The third-order valence-electron chi connectivity index (χ3n) is 4.61. The van der Waals surface area contributed by atoms with Gasteiger partial charge in [0, 0.05) is 41.4 Å². The van der Waals surface area contributed by atoms with Crippen molar-refractivity contribution in [1.29, 1.82) is 0 Å². The smallest absolute Gasteiger partial charge is 0.255 e. The molecule has 0 spiro atoms. The Morgan fingerprint density at radius 1 is 1.13 bits per heavy atom. The zero-order chi connectivity index (χ0) is 21.7. The molecular weight excluding hydrogens is 400 g/mol. The lowest BCUT2D eigenvalue weighted by atomic mass is 10.2. The highest BCUT2D eigenvalue weighted by atomic mass is 32.2. The number of hydrogen-bond acceptors (Lipinski definition) is 4. The van der Waals surface area contributed by atoms with Crippen LogP contribution in [0.15, 0.2) is 59.6 Å². The van der Waals surface area contributed by atoms with Gasteiger partial charge in [-0.05, 0) is 62.6 Å². The average Bonchev–Trinajstić information content (AvgIpc) is 3.13. The van der Waals surface area contributed by atoms with Crippen LogP contribution in [-0.4, -0.2) is 51.0 Å². The first kappa shape index (κ1) is 21.6. The number of nitrogens with one attached hydrogen (secondary N) is 2. The standard InChI is InChI=1S/C22H24N4O3S/c1-4-12-23-30(28,29)20-8-5-17(6-9-20)22(27)24-19-7-10-21-18(16-19)11-13-26(21)15-14-25(2)3/h1,5-11,13,16,23H,12,14-15H2,2-3H3,(H,24,27). The van der Waals surface area contributed by atoms with Crippen LogP contribution in [0.5, 0.6) is 0 Å². The van der Waals surface area contributed by atoms with Crippen molar-refractivity contribution in [2.24, 2.45) is 0 Å². The van der Waals surface area contributed by atoms with Gasteiger partial charge in [-0.1, -0.05) is 5.92 Å². The van der Waals surface area contributed by atoms with E-state index in [0.717, 1.165) is 24.0 Å². The Labute approximate surface area is 176 Å². The van der Waals surface area contributed by atoms with E-state index in [1.165, 1.54) is 24.3 Å². The Bertz CT molecular complexity index is 1190. The Morgan fingerprint density at radius 2 is 1.87 bits per heavy atom. The minimum Gasteiger partial charge on any atom is -0.346 e. The summed E-state index contributed by atoms with van der Waals surface area (Å²) in [6.07, 6.45) is 7.12. The summed E-state index contributed by atoms with van der Waals surface area (Å²) in [5.41, 5.74) is 2.13. The second-order valence-electron chi connectivity index (χ2n) is 7.09. The molecule has 0 aliphatic rings. The second-order valence-corrected chi connectivity index (χ2v) is 8.86. The zero-order valence-electron chi connectivity index (χ0n) is 16.9. The van der Waals surface area contributed by atoms with Crippen molar-refractivity contribution in [3.05, 3.63) is 60.3 Å². The summed E-state index contributed by atoms with van der Waals surface area (Å²) in [6.45, 7) is 1.73. The maximum Gasteiger partial charge on any atom is 0.255 e. The molecular formula is C22H24N4O3S. The summed E-state index contributed by atoms with van der Waals surface area (Å²) in [5.74, 6) is 1.90. The highest BCUT2D eigenvalue weighted by Gasteiger charge is 2.14. The lowest BCUT2D eigenvalue weighted by Crippen LogP contribution is -2.24. The summed E-state index contributed by atoms with van der Waals surface area (Å²) in [5, 5.41) is 3.89. The molecule has 1 aromatic heterocycles. The fourth-order valence-corrected chi connectivity index (χ4v) is 3.92. The predicted octanol–water partition coefficient (Wildman–Crippen LogP) is 2.37. The zero-order valence-corrected chi connectivity index (χ0v) is 17.7. The molecule has 8 heteroatoms. The van der Waals surface area contributed by atoms with Crippen LogP contribution in [0, 0.1) is 12.3 Å². The fraction of sp³-hybridized carbons (Fsp3) is 0.227. The van der Waals surface area contributed by atoms with E-state index >= 15 is 0 Å². The molecule has 0 unspecified atom stereocenters. The second kappa shape index (κ2) is 9.13. The Hall–Kier alpha value is -3.12. The van der Waals surface area contributed by atoms with Crippen molar-refractivity contribution >= 4 is 32.5 Å². The van der Waals surface area contributed by atoms with E-state index in [1.807, 2.05) is 44.6 Å². The first-order valence-electron chi connectivity index (χ1n) is 9.38. The molecule has 0 bridgehead atoms. The molecule has 3 rings (SSSR count). The number of carbonyl (C=O) groups excluding carboxylic acids is 1. The molecule has 2 aromatic carbocycles. The molecule has 0 atom stereocenters. The van der Waals surface area contributed by atoms with Crippen LogP contribution in [0.1, 0.15) is 10.4 Å². The third-order valence-corrected chi connectivity index (χ3v) is 6.03. The van der Waals surface area contributed by atoms with Crippen LogP contribution >= 0.6 is 0 Å². The number of likely N-dealkylation sites (N-methyl/N-ethyl adjacent to an activating group) is 1. The maximum absolute atomic E-state index is 12.6. The van der Waals surface area contributed by atoms with Gasteiger partial charge in [0.2, 0.25) is 10.0 Å². The summed E-state index contributed by atoms with van der Waals surface area (Å²) in [7, 11) is 0.388. The molecule has 0 aliphatic heterocycles. The molecule has 0 fully saturated rings. The third kappa shape index (κ3) is 5.07. The van der Waals surface area contributed by atoms with Gasteiger partial charge >= 0.3 is 0 Å². The van der Waals surface area contributed by atoms with Gasteiger partial charge in [0.15, 0.2) is 0 Å². The number of amides is 1. The van der Waals surface area contributed by atoms with Gasteiger partial charge in [-0.3, -0.25) is 4.79 Å². The van der Waals surface area contributed by atoms with Gasteiger partial charge < -0.3 is 14.8 Å². The number of benzene rings is 2. The van der Waals surface area contributed by atoms with E-state index in [4.69, 9.17) is 6.42 Å². The van der Waals surface area contributed by atoms with E-state index in [2.05, 4.69) is 25.4 Å². The van der Waals surface area contributed by atoms with Crippen molar-refractivity contribution in [3.63, 3.8) is 0 Å². The van der Waals surface area contributed by atoms with Gasteiger partial charge in [-0.25, -0.2) is 8.42 Å². The van der Waals surface area contributed by atoms with E-state index in [1.54, 1.807) is 0 Å². The number of carbonyl (C=O) groups is 1. The monoisotopic (exact) mass is 424 g/mol. The van der Waals surface area contributed by atoms with Gasteiger partial charge in [0.05, 0.1) is 11.4 Å². The number of rotatable bonds is 8. The number of aromatic nitrogens is 1. The first-order valence-corrected chi connectivity index (χ1v) is 10.9. The fourth-order valence-electron chi connectivity index (χ4n) is 2.99. The highest BCUT2D eigenvalue weighted by molar-refractivity contribution is 7.89. The van der Waals surface area contributed by atoms with Crippen molar-refractivity contribution in [3.8, 4) is 12.3 Å². The molecule has 3 aromatic rings. The number of nitrogens with zero attached hydrogens (tertiary/aromatic N) is 2.